The molecule has 0 aliphatic carbocycles. The highest BCUT2D eigenvalue weighted by Gasteiger charge is 2.17. The molecule has 0 saturated heterocycles. The summed E-state index contributed by atoms with van der Waals surface area (Å²) in [7, 11) is -4.06. The molecule has 1 amide bonds. The average Bonchev–Trinajstić information content (AvgIpc) is 2.49. The van der Waals surface area contributed by atoms with Gasteiger partial charge in [-0.3, -0.25) is 14.3 Å². The standard InChI is InChI=1S/C14H11FN2O4S/c15-12-6-3-10(14(16)19)7-13(12)17-22(20,21)11-4-1-9(8-18)2-5-11/h1-8,17H,(H2,16,19). The van der Waals surface area contributed by atoms with Crippen molar-refractivity contribution in [3.8, 4) is 0 Å². The van der Waals surface area contributed by atoms with Crippen LogP contribution in [0.3, 0.4) is 0 Å². The highest BCUT2D eigenvalue weighted by molar-refractivity contribution is 7.92. The van der Waals surface area contributed by atoms with E-state index in [0.29, 0.717) is 11.8 Å². The third-order valence-corrected chi connectivity index (χ3v) is 4.20. The van der Waals surface area contributed by atoms with Crippen LogP contribution in [0.4, 0.5) is 10.1 Å². The second kappa shape index (κ2) is 5.94. The molecule has 2 aromatic rings. The van der Waals surface area contributed by atoms with E-state index in [0.717, 1.165) is 18.2 Å². The minimum absolute atomic E-state index is 0.0320. The predicted molar refractivity (Wildman–Crippen MR) is 77.6 cm³/mol. The van der Waals surface area contributed by atoms with Gasteiger partial charge in [0.1, 0.15) is 12.1 Å². The lowest BCUT2D eigenvalue weighted by molar-refractivity contribution is 0.0999. The summed E-state index contributed by atoms with van der Waals surface area (Å²) in [5.41, 5.74) is 4.95. The molecule has 2 rings (SSSR count). The van der Waals surface area contributed by atoms with E-state index in [4.69, 9.17) is 5.73 Å². The van der Waals surface area contributed by atoms with Gasteiger partial charge in [0.2, 0.25) is 5.91 Å². The number of nitrogens with one attached hydrogen (secondary N) is 1. The Balaban J connectivity index is 2.37. The molecule has 114 valence electrons. The van der Waals surface area contributed by atoms with Crippen LogP contribution in [-0.2, 0) is 10.0 Å². The van der Waals surface area contributed by atoms with Crippen molar-refractivity contribution < 1.29 is 22.4 Å². The summed E-state index contributed by atoms with van der Waals surface area (Å²) in [5, 5.41) is 0. The van der Waals surface area contributed by atoms with Crippen LogP contribution in [0.5, 0.6) is 0 Å². The van der Waals surface area contributed by atoms with Crippen LogP contribution in [-0.4, -0.2) is 20.6 Å². The van der Waals surface area contributed by atoms with Crippen molar-refractivity contribution in [2.24, 2.45) is 5.73 Å². The third kappa shape index (κ3) is 3.29. The second-order valence-electron chi connectivity index (χ2n) is 4.35. The Morgan fingerprint density at radius 3 is 2.32 bits per heavy atom. The quantitative estimate of drug-likeness (QED) is 0.814. The molecular formula is C14H11FN2O4S. The van der Waals surface area contributed by atoms with Gasteiger partial charge in [0.15, 0.2) is 0 Å². The van der Waals surface area contributed by atoms with Crippen LogP contribution in [0.1, 0.15) is 20.7 Å². The summed E-state index contributed by atoms with van der Waals surface area (Å²) in [6.07, 6.45) is 0.569. The van der Waals surface area contributed by atoms with Gasteiger partial charge in [-0.1, -0.05) is 12.1 Å². The summed E-state index contributed by atoms with van der Waals surface area (Å²) >= 11 is 0. The SMILES string of the molecule is NC(=O)c1ccc(F)c(NS(=O)(=O)c2ccc(C=O)cc2)c1. The lowest BCUT2D eigenvalue weighted by Gasteiger charge is -2.10. The van der Waals surface area contributed by atoms with Gasteiger partial charge in [0.25, 0.3) is 10.0 Å². The molecule has 0 saturated carbocycles. The fourth-order valence-corrected chi connectivity index (χ4v) is 2.74. The van der Waals surface area contributed by atoms with E-state index in [1.807, 2.05) is 4.72 Å². The van der Waals surface area contributed by atoms with E-state index in [1.54, 1.807) is 0 Å². The molecule has 0 fully saturated rings. The van der Waals surface area contributed by atoms with Gasteiger partial charge in [-0.2, -0.15) is 0 Å². The molecule has 0 spiro atoms. The zero-order valence-corrected chi connectivity index (χ0v) is 11.9. The number of hydrogen-bond acceptors (Lipinski definition) is 4. The van der Waals surface area contributed by atoms with Crippen molar-refractivity contribution in [2.45, 2.75) is 4.90 Å². The Bertz CT molecular complexity index is 832. The van der Waals surface area contributed by atoms with Gasteiger partial charge in [0.05, 0.1) is 10.6 Å². The Hall–Kier alpha value is -2.74. The smallest absolute Gasteiger partial charge is 0.261 e. The van der Waals surface area contributed by atoms with Crippen molar-refractivity contribution in [1.29, 1.82) is 0 Å². The van der Waals surface area contributed by atoms with Gasteiger partial charge in [0, 0.05) is 11.1 Å². The molecule has 3 N–H and O–H groups in total. The van der Waals surface area contributed by atoms with Crippen molar-refractivity contribution in [2.75, 3.05) is 4.72 Å². The summed E-state index contributed by atoms with van der Waals surface area (Å²) < 4.78 is 40.0. The van der Waals surface area contributed by atoms with Gasteiger partial charge >= 0.3 is 0 Å². The van der Waals surface area contributed by atoms with Crippen molar-refractivity contribution in [3.63, 3.8) is 0 Å². The first-order valence-electron chi connectivity index (χ1n) is 6.01. The van der Waals surface area contributed by atoms with E-state index >= 15 is 0 Å². The monoisotopic (exact) mass is 322 g/mol. The molecule has 8 heteroatoms. The number of anilines is 1. The lowest BCUT2D eigenvalue weighted by atomic mass is 10.2. The first kappa shape index (κ1) is 15.6. The minimum Gasteiger partial charge on any atom is -0.366 e. The molecule has 0 radical (unpaired) electrons. The maximum absolute atomic E-state index is 13.7. The number of sulfonamides is 1. The van der Waals surface area contributed by atoms with Crippen LogP contribution in [0.25, 0.3) is 0 Å². The van der Waals surface area contributed by atoms with Gasteiger partial charge < -0.3 is 5.73 Å². The largest absolute Gasteiger partial charge is 0.366 e. The number of carbonyl (C=O) groups excluding carboxylic acids is 2. The molecule has 0 aliphatic heterocycles. The molecule has 22 heavy (non-hydrogen) atoms. The highest BCUT2D eigenvalue weighted by atomic mass is 32.2. The number of aldehydes is 1. The molecular weight excluding hydrogens is 311 g/mol. The van der Waals surface area contributed by atoms with Crippen LogP contribution < -0.4 is 10.5 Å². The Kier molecular flexibility index (Phi) is 4.22. The zero-order chi connectivity index (χ0) is 16.3. The number of primary amides is 1. The third-order valence-electron chi connectivity index (χ3n) is 2.82. The second-order valence-corrected chi connectivity index (χ2v) is 6.03. The molecule has 2 aromatic carbocycles. The van der Waals surface area contributed by atoms with Crippen LogP contribution >= 0.6 is 0 Å². The van der Waals surface area contributed by atoms with E-state index in [9.17, 15) is 22.4 Å². The number of rotatable bonds is 5. The number of halogens is 1. The van der Waals surface area contributed by atoms with Crippen molar-refractivity contribution >= 4 is 27.9 Å². The molecule has 0 atom stereocenters. The van der Waals surface area contributed by atoms with Gasteiger partial charge in [-0.25, -0.2) is 12.8 Å². The molecule has 0 bridgehead atoms. The fourth-order valence-electron chi connectivity index (χ4n) is 1.69. The Labute approximate surface area is 125 Å². The first-order valence-corrected chi connectivity index (χ1v) is 7.49. The van der Waals surface area contributed by atoms with E-state index < -0.39 is 27.4 Å². The maximum atomic E-state index is 13.7. The summed E-state index contributed by atoms with van der Waals surface area (Å²) in [6, 6.07) is 8.15. The minimum atomic E-state index is -4.06. The van der Waals surface area contributed by atoms with Gasteiger partial charge in [-0.15, -0.1) is 0 Å². The molecule has 0 aliphatic rings. The molecule has 6 nitrogen and oxygen atoms in total. The summed E-state index contributed by atoms with van der Waals surface area (Å²) in [4.78, 5) is 21.5. The normalized spacial score (nSPS) is 11.0. The molecule has 0 unspecified atom stereocenters. The number of carbonyl (C=O) groups is 2. The zero-order valence-electron chi connectivity index (χ0n) is 11.1. The number of hydrogen-bond donors (Lipinski definition) is 2. The fraction of sp³-hybridized carbons (Fsp3) is 0. The van der Waals surface area contributed by atoms with Crippen LogP contribution in [0.15, 0.2) is 47.4 Å². The number of benzene rings is 2. The average molecular weight is 322 g/mol. The first-order chi connectivity index (χ1) is 10.3. The van der Waals surface area contributed by atoms with E-state index in [1.165, 1.54) is 24.3 Å². The predicted octanol–water partition coefficient (Wildman–Crippen LogP) is 1.54. The van der Waals surface area contributed by atoms with E-state index in [2.05, 4.69) is 0 Å². The van der Waals surface area contributed by atoms with Crippen molar-refractivity contribution in [3.05, 3.63) is 59.4 Å². The van der Waals surface area contributed by atoms with Crippen LogP contribution in [0.2, 0.25) is 0 Å². The highest BCUT2D eigenvalue weighted by Crippen LogP contribution is 2.20. The lowest BCUT2D eigenvalue weighted by Crippen LogP contribution is -2.16. The Morgan fingerprint density at radius 2 is 1.77 bits per heavy atom. The Morgan fingerprint density at radius 1 is 1.14 bits per heavy atom. The summed E-state index contributed by atoms with van der Waals surface area (Å²) in [5.74, 6) is -1.66. The molecule has 0 aromatic heterocycles. The number of nitrogens with two attached hydrogens (primary N) is 1. The number of amides is 1. The molecule has 0 heterocycles. The maximum Gasteiger partial charge on any atom is 0.261 e. The topological polar surface area (TPSA) is 106 Å². The summed E-state index contributed by atoms with van der Waals surface area (Å²) in [6.45, 7) is 0. The van der Waals surface area contributed by atoms with Crippen molar-refractivity contribution in [1.82, 2.24) is 0 Å². The van der Waals surface area contributed by atoms with Gasteiger partial charge in [-0.05, 0) is 30.3 Å². The van der Waals surface area contributed by atoms with E-state index in [-0.39, 0.29) is 10.5 Å². The van der Waals surface area contributed by atoms with Crippen LogP contribution in [0, 0.1) is 5.82 Å².